The van der Waals surface area contributed by atoms with Crippen molar-refractivity contribution < 1.29 is 14.2 Å². The first-order valence-corrected chi connectivity index (χ1v) is 9.63. The van der Waals surface area contributed by atoms with Gasteiger partial charge in [-0.05, 0) is 36.4 Å². The van der Waals surface area contributed by atoms with Crippen molar-refractivity contribution in [3.63, 3.8) is 0 Å². The van der Waals surface area contributed by atoms with Crippen molar-refractivity contribution in [2.24, 2.45) is 0 Å². The average molecular weight is 414 g/mol. The van der Waals surface area contributed by atoms with Gasteiger partial charge < -0.3 is 19.5 Å². The van der Waals surface area contributed by atoms with Crippen LogP contribution in [0.15, 0.2) is 65.6 Å². The van der Waals surface area contributed by atoms with Gasteiger partial charge in [0.1, 0.15) is 16.5 Å². The van der Waals surface area contributed by atoms with Crippen LogP contribution in [0.1, 0.15) is 0 Å². The number of benzene rings is 2. The molecule has 3 aromatic rings. The van der Waals surface area contributed by atoms with Gasteiger partial charge in [-0.3, -0.25) is 4.79 Å². The van der Waals surface area contributed by atoms with E-state index in [4.69, 9.17) is 25.8 Å². The summed E-state index contributed by atoms with van der Waals surface area (Å²) in [6.07, 6.45) is 1.45. The molecule has 8 heteroatoms. The minimum Gasteiger partial charge on any atom is -0.457 e. The van der Waals surface area contributed by atoms with Gasteiger partial charge in [0.25, 0.3) is 5.56 Å². The summed E-state index contributed by atoms with van der Waals surface area (Å²) in [6, 6.07) is 16.5. The van der Waals surface area contributed by atoms with Crippen LogP contribution in [0.3, 0.4) is 0 Å². The van der Waals surface area contributed by atoms with Gasteiger partial charge in [0.2, 0.25) is 0 Å². The van der Waals surface area contributed by atoms with Crippen LogP contribution in [0.4, 0.5) is 5.69 Å². The van der Waals surface area contributed by atoms with Crippen LogP contribution in [0.2, 0.25) is 5.02 Å². The lowest BCUT2D eigenvalue weighted by molar-refractivity contribution is -0.0818. The fraction of sp³-hybridized carbons (Fsp3) is 0.238. The Balaban J connectivity index is 1.46. The minimum atomic E-state index is -0.408. The molecule has 0 saturated carbocycles. The zero-order valence-electron chi connectivity index (χ0n) is 15.6. The molecule has 1 fully saturated rings. The predicted molar refractivity (Wildman–Crippen MR) is 110 cm³/mol. The SMILES string of the molecule is O=c1c(Cl)c(NCC2COCCO2)cnn1-c1ccc(Oc2ccccc2)cc1. The molecule has 1 aromatic heterocycles. The Labute approximate surface area is 172 Å². The molecule has 29 heavy (non-hydrogen) atoms. The van der Waals surface area contributed by atoms with E-state index in [1.54, 1.807) is 24.3 Å². The van der Waals surface area contributed by atoms with E-state index in [2.05, 4.69) is 10.4 Å². The van der Waals surface area contributed by atoms with Gasteiger partial charge in [-0.1, -0.05) is 29.8 Å². The predicted octanol–water partition coefficient (Wildman–Crippen LogP) is 3.51. The van der Waals surface area contributed by atoms with Crippen molar-refractivity contribution in [1.29, 1.82) is 0 Å². The molecular formula is C21H20ClN3O4. The third-order valence-electron chi connectivity index (χ3n) is 4.38. The van der Waals surface area contributed by atoms with Gasteiger partial charge in [0.05, 0.1) is 43.5 Å². The number of nitrogens with one attached hydrogen (secondary N) is 1. The van der Waals surface area contributed by atoms with Gasteiger partial charge in [0, 0.05) is 6.54 Å². The highest BCUT2D eigenvalue weighted by atomic mass is 35.5. The van der Waals surface area contributed by atoms with Crippen LogP contribution in [-0.2, 0) is 9.47 Å². The highest BCUT2D eigenvalue weighted by Gasteiger charge is 2.16. The number of hydrogen-bond acceptors (Lipinski definition) is 6. The highest BCUT2D eigenvalue weighted by molar-refractivity contribution is 6.32. The van der Waals surface area contributed by atoms with E-state index in [9.17, 15) is 4.79 Å². The molecule has 1 atom stereocenters. The van der Waals surface area contributed by atoms with Crippen molar-refractivity contribution in [3.05, 3.63) is 76.2 Å². The van der Waals surface area contributed by atoms with E-state index in [-0.39, 0.29) is 11.1 Å². The molecule has 4 rings (SSSR count). The summed E-state index contributed by atoms with van der Waals surface area (Å²) >= 11 is 6.27. The van der Waals surface area contributed by atoms with Crippen LogP contribution in [0, 0.1) is 0 Å². The van der Waals surface area contributed by atoms with Crippen molar-refractivity contribution >= 4 is 17.3 Å². The first-order valence-electron chi connectivity index (χ1n) is 9.25. The van der Waals surface area contributed by atoms with Crippen molar-refractivity contribution in [1.82, 2.24) is 9.78 Å². The summed E-state index contributed by atoms with van der Waals surface area (Å²) in [6.45, 7) is 2.15. The molecule has 1 unspecified atom stereocenters. The zero-order valence-corrected chi connectivity index (χ0v) is 16.3. The number of nitrogens with zero attached hydrogens (tertiary/aromatic N) is 2. The lowest BCUT2D eigenvalue weighted by Gasteiger charge is -2.23. The normalized spacial score (nSPS) is 16.4. The molecule has 1 aliphatic rings. The Morgan fingerprint density at radius 1 is 1.10 bits per heavy atom. The smallest absolute Gasteiger partial charge is 0.292 e. The van der Waals surface area contributed by atoms with Crippen LogP contribution in [0.25, 0.3) is 5.69 Å². The summed E-state index contributed by atoms with van der Waals surface area (Å²) in [5.41, 5.74) is 0.646. The van der Waals surface area contributed by atoms with Gasteiger partial charge in [0.15, 0.2) is 0 Å². The first-order chi connectivity index (χ1) is 14.2. The molecular weight excluding hydrogens is 394 g/mol. The van der Waals surface area contributed by atoms with Gasteiger partial charge >= 0.3 is 0 Å². The fourth-order valence-electron chi connectivity index (χ4n) is 2.90. The van der Waals surface area contributed by atoms with Crippen molar-refractivity contribution in [3.8, 4) is 17.2 Å². The number of halogens is 1. The molecule has 2 aromatic carbocycles. The molecule has 1 aliphatic heterocycles. The van der Waals surface area contributed by atoms with Crippen LogP contribution >= 0.6 is 11.6 Å². The topological polar surface area (TPSA) is 74.6 Å². The van der Waals surface area contributed by atoms with E-state index >= 15 is 0 Å². The quantitative estimate of drug-likeness (QED) is 0.666. The number of anilines is 1. The maximum absolute atomic E-state index is 12.7. The number of para-hydroxylation sites is 1. The fourth-order valence-corrected chi connectivity index (χ4v) is 3.09. The molecule has 0 spiro atoms. The number of hydrogen-bond donors (Lipinski definition) is 1. The van der Waals surface area contributed by atoms with E-state index in [0.717, 1.165) is 5.75 Å². The standard InChI is InChI=1S/C21H20ClN3O4/c22-20-19(23-12-18-14-27-10-11-28-18)13-24-25(21(20)26)15-6-8-17(9-7-15)29-16-4-2-1-3-5-16/h1-9,13,18,23H,10-12,14H2. The number of ether oxygens (including phenoxy) is 3. The van der Waals surface area contributed by atoms with Crippen molar-refractivity contribution in [2.45, 2.75) is 6.10 Å². The van der Waals surface area contributed by atoms with Crippen LogP contribution in [0.5, 0.6) is 11.5 Å². The zero-order chi connectivity index (χ0) is 20.1. The third kappa shape index (κ3) is 4.76. The third-order valence-corrected chi connectivity index (χ3v) is 4.75. The summed E-state index contributed by atoms with van der Waals surface area (Å²) in [5, 5.41) is 7.41. The molecule has 2 heterocycles. The second-order valence-corrected chi connectivity index (χ2v) is 6.82. The molecule has 0 aliphatic carbocycles. The molecule has 7 nitrogen and oxygen atoms in total. The van der Waals surface area contributed by atoms with E-state index in [1.165, 1.54) is 10.9 Å². The van der Waals surface area contributed by atoms with E-state index in [1.807, 2.05) is 30.3 Å². The second-order valence-electron chi connectivity index (χ2n) is 6.45. The Bertz CT molecular complexity index is 1000. The summed E-state index contributed by atoms with van der Waals surface area (Å²) in [7, 11) is 0. The summed E-state index contributed by atoms with van der Waals surface area (Å²) in [5.74, 6) is 1.40. The Morgan fingerprint density at radius 2 is 1.86 bits per heavy atom. The van der Waals surface area contributed by atoms with Gasteiger partial charge in [-0.2, -0.15) is 9.78 Å². The molecule has 0 bridgehead atoms. The summed E-state index contributed by atoms with van der Waals surface area (Å²) in [4.78, 5) is 12.7. The second kappa shape index (κ2) is 9.09. The Hall–Kier alpha value is -2.87. The minimum absolute atomic E-state index is 0.0707. The Kier molecular flexibility index (Phi) is 6.09. The van der Waals surface area contributed by atoms with E-state index < -0.39 is 5.56 Å². The van der Waals surface area contributed by atoms with E-state index in [0.29, 0.717) is 43.5 Å². The molecule has 0 radical (unpaired) electrons. The maximum Gasteiger partial charge on any atom is 0.292 e. The van der Waals surface area contributed by atoms with Crippen LogP contribution < -0.4 is 15.6 Å². The lowest BCUT2D eigenvalue weighted by Crippen LogP contribution is -2.34. The number of aromatic nitrogens is 2. The van der Waals surface area contributed by atoms with Gasteiger partial charge in [-0.15, -0.1) is 0 Å². The lowest BCUT2D eigenvalue weighted by atomic mass is 10.3. The van der Waals surface area contributed by atoms with Crippen molar-refractivity contribution in [2.75, 3.05) is 31.7 Å². The average Bonchev–Trinajstić information content (AvgIpc) is 2.77. The molecule has 1 saturated heterocycles. The van der Waals surface area contributed by atoms with Crippen LogP contribution in [-0.4, -0.2) is 42.2 Å². The number of rotatable bonds is 6. The Morgan fingerprint density at radius 3 is 2.59 bits per heavy atom. The monoisotopic (exact) mass is 413 g/mol. The molecule has 150 valence electrons. The highest BCUT2D eigenvalue weighted by Crippen LogP contribution is 2.22. The molecule has 0 amide bonds. The first kappa shape index (κ1) is 19.4. The largest absolute Gasteiger partial charge is 0.457 e. The maximum atomic E-state index is 12.7. The van der Waals surface area contributed by atoms with Gasteiger partial charge in [-0.25, -0.2) is 0 Å². The molecule has 1 N–H and O–H groups in total. The summed E-state index contributed by atoms with van der Waals surface area (Å²) < 4.78 is 17.9.